The molecule has 2 amide bonds. The van der Waals surface area contributed by atoms with Gasteiger partial charge in [0.1, 0.15) is 10.8 Å². The highest BCUT2D eigenvalue weighted by Gasteiger charge is 2.18. The maximum atomic E-state index is 12.9. The third-order valence-electron chi connectivity index (χ3n) is 5.48. The lowest BCUT2D eigenvalue weighted by molar-refractivity contribution is -0.130. The molecule has 4 rings (SSSR count). The van der Waals surface area contributed by atoms with Crippen molar-refractivity contribution in [2.75, 3.05) is 29.9 Å². The molecule has 1 fully saturated rings. The lowest BCUT2D eigenvalue weighted by atomic mass is 10.1. The number of hydrogen-bond acceptors (Lipinski definition) is 7. The molecule has 0 unspecified atom stereocenters. The Hall–Kier alpha value is -2.78. The largest absolute Gasteiger partial charge is 0.361 e. The van der Waals surface area contributed by atoms with Gasteiger partial charge in [-0.25, -0.2) is 4.98 Å². The number of nitrogens with zero attached hydrogens (tertiary/aromatic N) is 3. The van der Waals surface area contributed by atoms with Gasteiger partial charge in [-0.2, -0.15) is 11.8 Å². The molecule has 3 aromatic rings. The quantitative estimate of drug-likeness (QED) is 0.501. The molecule has 0 bridgehead atoms. The number of rotatable bonds is 7. The number of aryl methyl sites for hydroxylation is 2. The van der Waals surface area contributed by atoms with Crippen molar-refractivity contribution in [2.24, 2.45) is 0 Å². The first-order chi connectivity index (χ1) is 16.0. The maximum absolute atomic E-state index is 12.9. The van der Waals surface area contributed by atoms with Crippen LogP contribution in [0.15, 0.2) is 52.1 Å². The molecule has 0 radical (unpaired) electrons. The van der Waals surface area contributed by atoms with Gasteiger partial charge in [-0.1, -0.05) is 17.3 Å². The highest BCUT2D eigenvalue weighted by atomic mass is 32.2. The highest BCUT2D eigenvalue weighted by Crippen LogP contribution is 2.27. The van der Waals surface area contributed by atoms with Crippen molar-refractivity contribution in [3.05, 3.63) is 70.7 Å². The summed E-state index contributed by atoms with van der Waals surface area (Å²) in [7, 11) is 0. The third-order valence-corrected chi connectivity index (χ3v) is 7.46. The Kier molecular flexibility index (Phi) is 7.72. The molecular weight excluding hydrogens is 456 g/mol. The molecule has 1 N–H and O–H groups in total. The van der Waals surface area contributed by atoms with E-state index in [9.17, 15) is 9.59 Å². The van der Waals surface area contributed by atoms with Gasteiger partial charge in [-0.15, -0.1) is 11.8 Å². The number of aromatic nitrogens is 2. The van der Waals surface area contributed by atoms with Crippen molar-refractivity contribution in [2.45, 2.75) is 31.0 Å². The second-order valence-electron chi connectivity index (χ2n) is 7.77. The van der Waals surface area contributed by atoms with Gasteiger partial charge in [0, 0.05) is 47.8 Å². The van der Waals surface area contributed by atoms with Crippen LogP contribution in [0.2, 0.25) is 0 Å². The van der Waals surface area contributed by atoms with E-state index in [4.69, 9.17) is 4.52 Å². The monoisotopic (exact) mass is 482 g/mol. The zero-order valence-corrected chi connectivity index (χ0v) is 20.3. The van der Waals surface area contributed by atoms with Crippen molar-refractivity contribution in [3.63, 3.8) is 0 Å². The molecule has 1 aliphatic rings. The smallest absolute Gasteiger partial charge is 0.258 e. The van der Waals surface area contributed by atoms with Crippen LogP contribution in [0.5, 0.6) is 0 Å². The van der Waals surface area contributed by atoms with Crippen molar-refractivity contribution in [3.8, 4) is 0 Å². The summed E-state index contributed by atoms with van der Waals surface area (Å²) >= 11 is 3.36. The van der Waals surface area contributed by atoms with Crippen LogP contribution < -0.4 is 5.32 Å². The molecule has 172 valence electrons. The number of nitrogens with one attached hydrogen (secondary N) is 1. The topological polar surface area (TPSA) is 88.3 Å². The van der Waals surface area contributed by atoms with E-state index < -0.39 is 0 Å². The standard InChI is InChI=1S/C24H26N4O3S2/c1-16-21(17(2)31-27-16)15-33-24-20(4-3-9-25-24)23(30)26-19-7-5-18(6-8-19)14-22(29)28-10-12-32-13-11-28/h3-9H,10-15H2,1-2H3,(H,26,30). The minimum absolute atomic E-state index is 0.155. The number of anilines is 1. The fourth-order valence-electron chi connectivity index (χ4n) is 3.53. The van der Waals surface area contributed by atoms with Gasteiger partial charge in [0.2, 0.25) is 5.91 Å². The molecular formula is C24H26N4O3S2. The first-order valence-corrected chi connectivity index (χ1v) is 12.9. The van der Waals surface area contributed by atoms with Gasteiger partial charge in [-0.3, -0.25) is 9.59 Å². The van der Waals surface area contributed by atoms with Gasteiger partial charge in [0.15, 0.2) is 0 Å². The van der Waals surface area contributed by atoms with Gasteiger partial charge < -0.3 is 14.7 Å². The maximum Gasteiger partial charge on any atom is 0.258 e. The first-order valence-electron chi connectivity index (χ1n) is 10.8. The van der Waals surface area contributed by atoms with Crippen molar-refractivity contribution < 1.29 is 14.1 Å². The van der Waals surface area contributed by atoms with Crippen molar-refractivity contribution >= 4 is 41.0 Å². The van der Waals surface area contributed by atoms with Crippen LogP contribution in [-0.2, 0) is 17.0 Å². The predicted molar refractivity (Wildman–Crippen MR) is 132 cm³/mol. The molecule has 33 heavy (non-hydrogen) atoms. The fourth-order valence-corrected chi connectivity index (χ4v) is 5.58. The summed E-state index contributed by atoms with van der Waals surface area (Å²) < 4.78 is 5.22. The average Bonchev–Trinajstić information content (AvgIpc) is 3.16. The lowest BCUT2D eigenvalue weighted by Crippen LogP contribution is -2.38. The molecule has 1 aliphatic heterocycles. The Balaban J connectivity index is 1.37. The fraction of sp³-hybridized carbons (Fsp3) is 0.333. The van der Waals surface area contributed by atoms with E-state index in [1.54, 1.807) is 18.3 Å². The van der Waals surface area contributed by atoms with E-state index in [0.717, 1.165) is 47.2 Å². The zero-order valence-electron chi connectivity index (χ0n) is 18.7. The summed E-state index contributed by atoms with van der Waals surface area (Å²) in [6.45, 7) is 5.42. The normalized spacial score (nSPS) is 13.7. The summed E-state index contributed by atoms with van der Waals surface area (Å²) in [5, 5.41) is 7.57. The molecule has 7 nitrogen and oxygen atoms in total. The van der Waals surface area contributed by atoms with E-state index in [2.05, 4.69) is 15.5 Å². The average molecular weight is 483 g/mol. The summed E-state index contributed by atoms with van der Waals surface area (Å²) in [5.74, 6) is 3.34. The zero-order chi connectivity index (χ0) is 23.2. The highest BCUT2D eigenvalue weighted by molar-refractivity contribution is 7.99. The molecule has 1 aromatic carbocycles. The summed E-state index contributed by atoms with van der Waals surface area (Å²) in [5.41, 5.74) is 3.99. The van der Waals surface area contributed by atoms with Crippen LogP contribution in [-0.4, -0.2) is 51.5 Å². The number of amides is 2. The van der Waals surface area contributed by atoms with Gasteiger partial charge in [0.05, 0.1) is 17.7 Å². The number of carbonyl (C=O) groups is 2. The molecule has 1 saturated heterocycles. The number of thioether (sulfide) groups is 2. The number of hydrogen-bond donors (Lipinski definition) is 1. The lowest BCUT2D eigenvalue weighted by Gasteiger charge is -2.26. The van der Waals surface area contributed by atoms with Crippen molar-refractivity contribution in [1.29, 1.82) is 0 Å². The molecule has 0 spiro atoms. The first kappa shape index (κ1) is 23.4. The Labute approximate surface area is 201 Å². The Morgan fingerprint density at radius 1 is 1.15 bits per heavy atom. The van der Waals surface area contributed by atoms with Gasteiger partial charge >= 0.3 is 0 Å². The summed E-state index contributed by atoms with van der Waals surface area (Å²) in [4.78, 5) is 31.7. The van der Waals surface area contributed by atoms with Crippen LogP contribution in [0, 0.1) is 13.8 Å². The molecule has 9 heteroatoms. The number of carbonyl (C=O) groups excluding carboxylic acids is 2. The second kappa shape index (κ2) is 10.9. The predicted octanol–water partition coefficient (Wildman–Crippen LogP) is 4.35. The second-order valence-corrected chi connectivity index (χ2v) is 9.96. The Morgan fingerprint density at radius 2 is 1.91 bits per heavy atom. The van der Waals surface area contributed by atoms with Crippen LogP contribution in [0.25, 0.3) is 0 Å². The Bertz CT molecular complexity index is 1110. The number of pyridine rings is 1. The minimum Gasteiger partial charge on any atom is -0.361 e. The van der Waals surface area contributed by atoms with Crippen LogP contribution in [0.4, 0.5) is 5.69 Å². The van der Waals surface area contributed by atoms with Gasteiger partial charge in [0.25, 0.3) is 5.91 Å². The van der Waals surface area contributed by atoms with Crippen LogP contribution >= 0.6 is 23.5 Å². The van der Waals surface area contributed by atoms with E-state index in [1.807, 2.05) is 54.8 Å². The van der Waals surface area contributed by atoms with Crippen LogP contribution in [0.1, 0.15) is 32.9 Å². The minimum atomic E-state index is -0.223. The summed E-state index contributed by atoms with van der Waals surface area (Å²) in [6, 6.07) is 11.0. The molecule has 3 heterocycles. The molecule has 0 atom stereocenters. The SMILES string of the molecule is Cc1noc(C)c1CSc1ncccc1C(=O)Nc1ccc(CC(=O)N2CCSCC2)cc1. The third kappa shape index (κ3) is 5.97. The van der Waals surface area contributed by atoms with E-state index in [1.165, 1.54) is 11.8 Å². The van der Waals surface area contributed by atoms with E-state index in [-0.39, 0.29) is 11.8 Å². The molecule has 2 aromatic heterocycles. The van der Waals surface area contributed by atoms with E-state index in [0.29, 0.717) is 28.5 Å². The molecule has 0 aliphatic carbocycles. The Morgan fingerprint density at radius 3 is 2.61 bits per heavy atom. The van der Waals surface area contributed by atoms with Gasteiger partial charge in [-0.05, 0) is 43.7 Å². The van der Waals surface area contributed by atoms with E-state index >= 15 is 0 Å². The summed E-state index contributed by atoms with van der Waals surface area (Å²) in [6.07, 6.45) is 2.06. The van der Waals surface area contributed by atoms with Crippen molar-refractivity contribution in [1.82, 2.24) is 15.0 Å². The molecule has 0 saturated carbocycles. The number of benzene rings is 1. The van der Waals surface area contributed by atoms with Crippen LogP contribution in [0.3, 0.4) is 0 Å².